The molecule has 25 heavy (non-hydrogen) atoms. The predicted molar refractivity (Wildman–Crippen MR) is 104 cm³/mol. The number of ether oxygens (including phenoxy) is 1. The molecule has 9 atom stereocenters. The largest absolute Gasteiger partial charge is 0.387 e. The van der Waals surface area contributed by atoms with Crippen LogP contribution in [0.15, 0.2) is 30.3 Å². The predicted octanol–water partition coefficient (Wildman–Crippen LogP) is 0.494. The summed E-state index contributed by atoms with van der Waals surface area (Å²) in [6.07, 6.45) is -5.81. The SMILES string of the molecule is [B]POC1C(O)C(O)C(OCc2ccccc2)C(OP[B])C1OP[B]. The molecule has 0 spiro atoms. The Morgan fingerprint density at radius 2 is 1.24 bits per heavy atom. The van der Waals surface area contributed by atoms with E-state index in [0.29, 0.717) is 0 Å². The zero-order valence-electron chi connectivity index (χ0n) is 13.3. The second kappa shape index (κ2) is 11.3. The molecule has 2 rings (SSSR count). The summed E-state index contributed by atoms with van der Waals surface area (Å²) in [6, 6.07) is 9.44. The van der Waals surface area contributed by atoms with Gasteiger partial charge in [-0.25, -0.2) is 0 Å². The van der Waals surface area contributed by atoms with Crippen LogP contribution in [-0.4, -0.2) is 69.5 Å². The van der Waals surface area contributed by atoms with Gasteiger partial charge in [-0.15, -0.1) is 0 Å². The Bertz CT molecular complexity index is 505. The minimum absolute atomic E-state index is 0.227. The zero-order chi connectivity index (χ0) is 18.2. The maximum atomic E-state index is 10.5. The fraction of sp³-hybridized carbons (Fsp3) is 0.538. The summed E-state index contributed by atoms with van der Waals surface area (Å²) in [5.41, 5.74) is 0.915. The van der Waals surface area contributed by atoms with Crippen molar-refractivity contribution in [2.45, 2.75) is 43.2 Å². The van der Waals surface area contributed by atoms with Crippen molar-refractivity contribution in [1.29, 1.82) is 0 Å². The molecule has 1 aromatic carbocycles. The van der Waals surface area contributed by atoms with Crippen LogP contribution in [-0.2, 0) is 24.9 Å². The number of hydrogen-bond acceptors (Lipinski definition) is 6. The molecular weight excluding hydrogens is 377 g/mol. The molecule has 130 valence electrons. The van der Waals surface area contributed by atoms with E-state index in [2.05, 4.69) is 0 Å². The zero-order valence-corrected chi connectivity index (χ0v) is 16.3. The summed E-state index contributed by atoms with van der Waals surface area (Å²) >= 11 is 0. The number of rotatable bonds is 9. The number of aliphatic hydroxyl groups excluding tert-OH is 2. The molecule has 2 N–H and O–H groups in total. The molecular formula is C13H18B3O6P3. The van der Waals surface area contributed by atoms with E-state index in [-0.39, 0.29) is 24.0 Å². The van der Waals surface area contributed by atoms with Crippen LogP contribution in [0.5, 0.6) is 0 Å². The van der Waals surface area contributed by atoms with Crippen LogP contribution >= 0.6 is 26.1 Å². The molecule has 1 aromatic rings. The van der Waals surface area contributed by atoms with Crippen LogP contribution in [0, 0.1) is 0 Å². The molecule has 0 aromatic heterocycles. The Balaban J connectivity index is 2.19. The van der Waals surface area contributed by atoms with Crippen LogP contribution in [0.25, 0.3) is 0 Å². The summed E-state index contributed by atoms with van der Waals surface area (Å²) in [4.78, 5) is 0. The summed E-state index contributed by atoms with van der Waals surface area (Å²) in [5, 5.41) is 20.9. The number of hydrogen-bond donors (Lipinski definition) is 2. The van der Waals surface area contributed by atoms with Gasteiger partial charge in [0.05, 0.1) is 6.61 Å². The number of benzene rings is 1. The quantitative estimate of drug-likeness (QED) is 0.468. The molecule has 1 aliphatic rings. The number of aliphatic hydroxyl groups is 2. The maximum Gasteiger partial charge on any atom is 0.144 e. The maximum absolute atomic E-state index is 10.5. The van der Waals surface area contributed by atoms with Gasteiger partial charge in [-0.1, -0.05) is 30.3 Å². The fourth-order valence-electron chi connectivity index (χ4n) is 2.75. The molecule has 6 nitrogen and oxygen atoms in total. The van der Waals surface area contributed by atoms with E-state index in [0.717, 1.165) is 5.56 Å². The average molecular weight is 396 g/mol. The first kappa shape index (κ1) is 21.8. The lowest BCUT2D eigenvalue weighted by atomic mass is 9.85. The smallest absolute Gasteiger partial charge is 0.144 e. The van der Waals surface area contributed by atoms with Gasteiger partial charge < -0.3 is 28.5 Å². The van der Waals surface area contributed by atoms with Crippen molar-refractivity contribution in [2.75, 3.05) is 0 Å². The third-order valence-electron chi connectivity index (χ3n) is 3.89. The molecule has 1 aliphatic carbocycles. The van der Waals surface area contributed by atoms with Gasteiger partial charge in [-0.05, 0) is 31.6 Å². The fourth-order valence-corrected chi connectivity index (χ4v) is 4.03. The van der Waals surface area contributed by atoms with Crippen molar-refractivity contribution in [1.82, 2.24) is 0 Å². The second-order valence-electron chi connectivity index (χ2n) is 5.34. The van der Waals surface area contributed by atoms with Gasteiger partial charge >= 0.3 is 0 Å². The summed E-state index contributed by atoms with van der Waals surface area (Å²) < 4.78 is 22.3. The van der Waals surface area contributed by atoms with Gasteiger partial charge in [-0.3, -0.25) is 0 Å². The molecule has 0 bridgehead atoms. The van der Waals surface area contributed by atoms with E-state index in [1.54, 1.807) is 0 Å². The first-order valence-corrected chi connectivity index (χ1v) is 10.4. The highest BCUT2D eigenvalue weighted by Gasteiger charge is 2.52. The normalized spacial score (nSPS) is 34.0. The minimum Gasteiger partial charge on any atom is -0.387 e. The third-order valence-corrected chi connectivity index (χ3v) is 5.12. The van der Waals surface area contributed by atoms with E-state index in [1.807, 2.05) is 30.3 Å². The molecule has 0 amide bonds. The van der Waals surface area contributed by atoms with Crippen molar-refractivity contribution in [3.63, 3.8) is 0 Å². The Hall–Kier alpha value is 0.465. The first-order valence-electron chi connectivity index (χ1n) is 7.49. The minimum atomic E-state index is -1.26. The lowest BCUT2D eigenvalue weighted by Crippen LogP contribution is -2.65. The standard InChI is InChI=1S/C13H18B3O6P3/c14-23-20-11-9(18)8(17)10(12(21-24-15)13(11)22-25-16)19-6-7-4-2-1-3-5-7/h1-5,8-13,17-18,23-25H,6H2. The molecule has 12 heteroatoms. The Labute approximate surface area is 156 Å². The van der Waals surface area contributed by atoms with E-state index >= 15 is 0 Å². The molecule has 1 saturated carbocycles. The lowest BCUT2D eigenvalue weighted by molar-refractivity contribution is -0.215. The van der Waals surface area contributed by atoms with Crippen molar-refractivity contribution in [3.05, 3.63) is 35.9 Å². The van der Waals surface area contributed by atoms with Crippen molar-refractivity contribution >= 4 is 48.8 Å². The molecule has 0 heterocycles. The topological polar surface area (TPSA) is 77.4 Å². The Morgan fingerprint density at radius 3 is 1.80 bits per heavy atom. The van der Waals surface area contributed by atoms with Crippen LogP contribution in [0.2, 0.25) is 0 Å². The molecule has 0 aliphatic heterocycles. The summed E-state index contributed by atoms with van der Waals surface area (Å²) in [7, 11) is 15.4. The second-order valence-corrected chi connectivity index (χ2v) is 6.76. The van der Waals surface area contributed by atoms with E-state index in [4.69, 9.17) is 41.0 Å². The van der Waals surface area contributed by atoms with Gasteiger partial charge in [0, 0.05) is 0 Å². The molecule has 6 radical (unpaired) electrons. The lowest BCUT2D eigenvalue weighted by Gasteiger charge is -2.46. The van der Waals surface area contributed by atoms with Gasteiger partial charge in [0.1, 0.15) is 59.3 Å². The van der Waals surface area contributed by atoms with Crippen LogP contribution in [0.1, 0.15) is 5.56 Å². The van der Waals surface area contributed by atoms with Gasteiger partial charge in [-0.2, -0.15) is 0 Å². The van der Waals surface area contributed by atoms with Crippen molar-refractivity contribution in [2.24, 2.45) is 0 Å². The van der Waals surface area contributed by atoms with Gasteiger partial charge in [0.2, 0.25) is 0 Å². The summed E-state index contributed by atoms with van der Waals surface area (Å²) in [6.45, 7) is 0.227. The molecule has 9 unspecified atom stereocenters. The van der Waals surface area contributed by atoms with Gasteiger partial charge in [0.15, 0.2) is 0 Å². The van der Waals surface area contributed by atoms with Crippen LogP contribution in [0.4, 0.5) is 0 Å². The van der Waals surface area contributed by atoms with Crippen LogP contribution < -0.4 is 0 Å². The van der Waals surface area contributed by atoms with E-state index < -0.39 is 45.3 Å². The Morgan fingerprint density at radius 1 is 0.760 bits per heavy atom. The summed E-state index contributed by atoms with van der Waals surface area (Å²) in [5.74, 6) is 0. The first-order chi connectivity index (χ1) is 12.1. The Kier molecular flexibility index (Phi) is 9.87. The average Bonchev–Trinajstić information content (AvgIpc) is 2.63. The van der Waals surface area contributed by atoms with Crippen molar-refractivity contribution in [3.8, 4) is 0 Å². The molecule has 0 saturated heterocycles. The third kappa shape index (κ3) is 5.72. The van der Waals surface area contributed by atoms with Crippen molar-refractivity contribution < 1.29 is 28.5 Å². The monoisotopic (exact) mass is 396 g/mol. The van der Waals surface area contributed by atoms with Gasteiger partial charge in [0.25, 0.3) is 0 Å². The highest BCUT2D eigenvalue weighted by atomic mass is 31.1. The van der Waals surface area contributed by atoms with E-state index in [1.165, 1.54) is 0 Å². The molecule has 1 fully saturated rings. The highest BCUT2D eigenvalue weighted by Crippen LogP contribution is 2.37. The van der Waals surface area contributed by atoms with Crippen LogP contribution in [0.3, 0.4) is 0 Å². The highest BCUT2D eigenvalue weighted by molar-refractivity contribution is 7.62. The van der Waals surface area contributed by atoms with E-state index in [9.17, 15) is 10.2 Å².